The number of nitrogens with zero attached hydrogens (tertiary/aromatic N) is 2. The quantitative estimate of drug-likeness (QED) is 0.422. The third-order valence-corrected chi connectivity index (χ3v) is 5.99. The second kappa shape index (κ2) is 10.4. The van der Waals surface area contributed by atoms with Crippen LogP contribution >= 0.6 is 27.7 Å². The number of thioether (sulfide) groups is 1. The molecule has 0 saturated carbocycles. The Morgan fingerprint density at radius 2 is 2.06 bits per heavy atom. The minimum absolute atomic E-state index is 0.0997. The van der Waals surface area contributed by atoms with Gasteiger partial charge in [0.1, 0.15) is 6.61 Å². The van der Waals surface area contributed by atoms with E-state index in [9.17, 15) is 9.59 Å². The Labute approximate surface area is 198 Å². The van der Waals surface area contributed by atoms with E-state index in [0.29, 0.717) is 38.3 Å². The van der Waals surface area contributed by atoms with Crippen molar-refractivity contribution in [3.05, 3.63) is 56.9 Å². The van der Waals surface area contributed by atoms with Crippen LogP contribution in [0.25, 0.3) is 6.08 Å². The number of rotatable bonds is 7. The Morgan fingerprint density at radius 1 is 1.34 bits per heavy atom. The Bertz CT molecular complexity index is 1150. The molecule has 0 radical (unpaired) electrons. The number of terminal acetylenes is 1. The van der Waals surface area contributed by atoms with E-state index in [-0.39, 0.29) is 18.1 Å². The van der Waals surface area contributed by atoms with Crippen molar-refractivity contribution < 1.29 is 24.2 Å². The molecule has 3 rings (SSSR count). The van der Waals surface area contributed by atoms with Gasteiger partial charge < -0.3 is 14.6 Å². The molecule has 2 aromatic rings. The molecule has 2 aromatic carbocycles. The lowest BCUT2D eigenvalue weighted by atomic mass is 10.2. The largest absolute Gasteiger partial charge is 0.493 e. The number of ether oxygens (including phenoxy) is 2. The van der Waals surface area contributed by atoms with Gasteiger partial charge in [-0.1, -0.05) is 5.92 Å². The number of amidine groups is 1. The number of amides is 1. The van der Waals surface area contributed by atoms with Gasteiger partial charge in [0.25, 0.3) is 5.91 Å². The Morgan fingerprint density at radius 3 is 2.66 bits per heavy atom. The van der Waals surface area contributed by atoms with Gasteiger partial charge in [0.05, 0.1) is 27.7 Å². The third kappa shape index (κ3) is 5.15. The van der Waals surface area contributed by atoms with Gasteiger partial charge in [-0.3, -0.25) is 9.69 Å². The summed E-state index contributed by atoms with van der Waals surface area (Å²) in [5.41, 5.74) is 1.47. The van der Waals surface area contributed by atoms with Crippen molar-refractivity contribution in [2.24, 2.45) is 4.99 Å². The molecule has 0 aliphatic carbocycles. The summed E-state index contributed by atoms with van der Waals surface area (Å²) in [6.45, 7) is 2.41. The van der Waals surface area contributed by atoms with E-state index in [0.717, 1.165) is 5.56 Å². The van der Waals surface area contributed by atoms with Crippen molar-refractivity contribution in [2.75, 3.05) is 20.3 Å². The van der Waals surface area contributed by atoms with Crippen LogP contribution in [0.2, 0.25) is 0 Å². The smallest absolute Gasteiger partial charge is 0.335 e. The summed E-state index contributed by atoms with van der Waals surface area (Å²) >= 11 is 4.71. The number of carbonyl (C=O) groups is 2. The van der Waals surface area contributed by atoms with Crippen molar-refractivity contribution in [2.45, 2.75) is 6.92 Å². The molecule has 164 valence electrons. The van der Waals surface area contributed by atoms with Crippen LogP contribution in [-0.2, 0) is 4.79 Å². The highest BCUT2D eigenvalue weighted by molar-refractivity contribution is 9.10. The van der Waals surface area contributed by atoms with Gasteiger partial charge in [0, 0.05) is 6.54 Å². The fourth-order valence-electron chi connectivity index (χ4n) is 2.89. The highest BCUT2D eigenvalue weighted by Gasteiger charge is 2.32. The second-order valence-electron chi connectivity index (χ2n) is 6.43. The van der Waals surface area contributed by atoms with Gasteiger partial charge in [-0.25, -0.2) is 9.79 Å². The fourth-order valence-corrected chi connectivity index (χ4v) is 4.52. The SMILES string of the molecule is C#CCOc1c(Br)cc(/C=C2\SC(=Nc3ccc(C(=O)O)cc3)N(CC)C2=O)cc1OC. The van der Waals surface area contributed by atoms with Gasteiger partial charge in [0.2, 0.25) is 0 Å². The summed E-state index contributed by atoms with van der Waals surface area (Å²) < 4.78 is 11.6. The molecule has 0 unspecified atom stereocenters. The molecule has 1 amide bonds. The van der Waals surface area contributed by atoms with Gasteiger partial charge in [0.15, 0.2) is 16.7 Å². The lowest BCUT2D eigenvalue weighted by molar-refractivity contribution is -0.122. The average Bonchev–Trinajstić information content (AvgIpc) is 3.06. The third-order valence-electron chi connectivity index (χ3n) is 4.39. The molecule has 9 heteroatoms. The maximum absolute atomic E-state index is 12.9. The van der Waals surface area contributed by atoms with Crippen LogP contribution in [0.3, 0.4) is 0 Å². The number of halogens is 1. The first kappa shape index (κ1) is 23.4. The number of hydrogen-bond acceptors (Lipinski definition) is 6. The van der Waals surface area contributed by atoms with Crippen molar-refractivity contribution in [1.82, 2.24) is 4.90 Å². The van der Waals surface area contributed by atoms with Crippen molar-refractivity contribution in [1.29, 1.82) is 0 Å². The molecule has 1 heterocycles. The molecule has 1 saturated heterocycles. The van der Waals surface area contributed by atoms with Crippen LogP contribution in [0, 0.1) is 12.3 Å². The average molecular weight is 515 g/mol. The molecule has 1 fully saturated rings. The van der Waals surface area contributed by atoms with Gasteiger partial charge in [-0.15, -0.1) is 6.42 Å². The van der Waals surface area contributed by atoms with E-state index in [1.54, 1.807) is 29.2 Å². The highest BCUT2D eigenvalue weighted by atomic mass is 79.9. The zero-order chi connectivity index (χ0) is 23.3. The zero-order valence-electron chi connectivity index (χ0n) is 17.3. The molecular formula is C23H19BrN2O5S. The molecule has 1 aliphatic heterocycles. The van der Waals surface area contributed by atoms with Crippen LogP contribution in [-0.4, -0.2) is 47.3 Å². The van der Waals surface area contributed by atoms with E-state index >= 15 is 0 Å². The van der Waals surface area contributed by atoms with Gasteiger partial charge in [-0.05, 0) is 82.7 Å². The standard InChI is InChI=1S/C23H19BrN2O5S/c1-4-10-31-20-17(24)11-14(12-18(20)30-3)13-19-21(27)26(5-2)23(32-19)25-16-8-6-15(7-9-16)22(28)29/h1,6-9,11-13H,5,10H2,2-3H3,(H,28,29)/b19-13-,25-23?. The number of carboxylic acids is 1. The van der Waals surface area contributed by atoms with Crippen molar-refractivity contribution in [3.8, 4) is 23.8 Å². The molecule has 7 nitrogen and oxygen atoms in total. The number of carbonyl (C=O) groups excluding carboxylic acids is 1. The second-order valence-corrected chi connectivity index (χ2v) is 8.30. The number of benzene rings is 2. The van der Waals surface area contributed by atoms with Gasteiger partial charge in [-0.2, -0.15) is 0 Å². The summed E-state index contributed by atoms with van der Waals surface area (Å²) in [7, 11) is 1.52. The van der Waals surface area contributed by atoms with Crippen LogP contribution in [0.1, 0.15) is 22.8 Å². The molecule has 32 heavy (non-hydrogen) atoms. The van der Waals surface area contributed by atoms with Crippen LogP contribution in [0.15, 0.2) is 50.8 Å². The maximum Gasteiger partial charge on any atom is 0.335 e. The van der Waals surface area contributed by atoms with Crippen LogP contribution < -0.4 is 9.47 Å². The molecule has 1 N–H and O–H groups in total. The molecule has 0 atom stereocenters. The summed E-state index contributed by atoms with van der Waals surface area (Å²) in [4.78, 5) is 30.5. The van der Waals surface area contributed by atoms with E-state index in [1.165, 1.54) is 31.0 Å². The Kier molecular flexibility index (Phi) is 7.62. The molecule has 0 aromatic heterocycles. The van der Waals surface area contributed by atoms with E-state index in [4.69, 9.17) is 21.0 Å². The predicted octanol–water partition coefficient (Wildman–Crippen LogP) is 4.79. The lowest BCUT2D eigenvalue weighted by Crippen LogP contribution is -2.28. The normalized spacial score (nSPS) is 15.8. The van der Waals surface area contributed by atoms with Gasteiger partial charge >= 0.3 is 5.97 Å². The Hall–Kier alpha value is -3.22. The topological polar surface area (TPSA) is 88.4 Å². The summed E-state index contributed by atoms with van der Waals surface area (Å²) in [5, 5.41) is 9.56. The number of aromatic carboxylic acids is 1. The molecule has 0 spiro atoms. The van der Waals surface area contributed by atoms with E-state index in [2.05, 4.69) is 26.8 Å². The number of likely N-dealkylation sites (N-methyl/N-ethyl adjacent to an activating group) is 1. The zero-order valence-corrected chi connectivity index (χ0v) is 19.7. The Balaban J connectivity index is 1.92. The number of carboxylic acid groups (broad SMARTS) is 1. The first-order chi connectivity index (χ1) is 15.4. The van der Waals surface area contributed by atoms with Crippen molar-refractivity contribution >= 4 is 56.5 Å². The molecule has 1 aliphatic rings. The fraction of sp³-hybridized carbons (Fsp3) is 0.174. The summed E-state index contributed by atoms with van der Waals surface area (Å²) in [6, 6.07) is 9.73. The predicted molar refractivity (Wildman–Crippen MR) is 128 cm³/mol. The first-order valence-corrected chi connectivity index (χ1v) is 11.1. The first-order valence-electron chi connectivity index (χ1n) is 9.45. The van der Waals surface area contributed by atoms with Crippen LogP contribution in [0.4, 0.5) is 5.69 Å². The maximum atomic E-state index is 12.9. The number of hydrogen-bond donors (Lipinski definition) is 1. The summed E-state index contributed by atoms with van der Waals surface area (Å²) in [5.74, 6) is 2.21. The van der Waals surface area contributed by atoms with E-state index in [1.807, 2.05) is 13.0 Å². The lowest BCUT2D eigenvalue weighted by Gasteiger charge is -2.12. The van der Waals surface area contributed by atoms with Crippen LogP contribution in [0.5, 0.6) is 11.5 Å². The monoisotopic (exact) mass is 514 g/mol. The minimum atomic E-state index is -1.01. The van der Waals surface area contributed by atoms with E-state index < -0.39 is 5.97 Å². The highest BCUT2D eigenvalue weighted by Crippen LogP contribution is 2.39. The molecular weight excluding hydrogens is 496 g/mol. The summed E-state index contributed by atoms with van der Waals surface area (Å²) in [6.07, 6.45) is 7.02. The minimum Gasteiger partial charge on any atom is -0.493 e. The number of aliphatic imine (C=N–C) groups is 1. The molecule has 0 bridgehead atoms. The van der Waals surface area contributed by atoms with Crippen molar-refractivity contribution in [3.63, 3.8) is 0 Å². The number of methoxy groups -OCH3 is 1.